The van der Waals surface area contributed by atoms with Crippen molar-refractivity contribution in [1.82, 2.24) is 4.90 Å². The first-order valence-electron chi connectivity index (χ1n) is 7.87. The van der Waals surface area contributed by atoms with Gasteiger partial charge in [-0.1, -0.05) is 38.1 Å². The number of benzene rings is 1. The zero-order valence-corrected chi connectivity index (χ0v) is 13.0. The molecule has 0 aliphatic carbocycles. The van der Waals surface area contributed by atoms with Crippen molar-refractivity contribution < 1.29 is 8.78 Å². The summed E-state index contributed by atoms with van der Waals surface area (Å²) in [5.41, 5.74) is 7.49. The quantitative estimate of drug-likeness (QED) is 0.855. The van der Waals surface area contributed by atoms with Crippen molar-refractivity contribution in [2.24, 2.45) is 11.1 Å². The highest BCUT2D eigenvalue weighted by Gasteiger charge is 2.37. The Bertz CT molecular complexity index is 441. The molecule has 0 radical (unpaired) electrons. The Balaban J connectivity index is 2.13. The molecular formula is C17H26F2N2. The highest BCUT2D eigenvalue weighted by atomic mass is 19.3. The van der Waals surface area contributed by atoms with Crippen molar-refractivity contribution in [3.05, 3.63) is 35.4 Å². The Labute approximate surface area is 126 Å². The normalized spacial score (nSPS) is 20.1. The molecule has 1 fully saturated rings. The Kier molecular flexibility index (Phi) is 5.33. The summed E-state index contributed by atoms with van der Waals surface area (Å²) in [4.78, 5) is 2.42. The van der Waals surface area contributed by atoms with E-state index in [1.54, 1.807) is 12.1 Å². The molecule has 1 unspecified atom stereocenters. The van der Waals surface area contributed by atoms with Gasteiger partial charge in [-0.15, -0.1) is 0 Å². The Morgan fingerprint density at radius 3 is 2.14 bits per heavy atom. The van der Waals surface area contributed by atoms with Crippen molar-refractivity contribution in [3.8, 4) is 0 Å². The van der Waals surface area contributed by atoms with Crippen LogP contribution in [0.3, 0.4) is 0 Å². The van der Waals surface area contributed by atoms with Gasteiger partial charge in [-0.2, -0.15) is 0 Å². The van der Waals surface area contributed by atoms with E-state index in [4.69, 9.17) is 5.73 Å². The smallest absolute Gasteiger partial charge is 0.263 e. The summed E-state index contributed by atoms with van der Waals surface area (Å²) in [6, 6.07) is 6.78. The molecule has 0 aromatic heterocycles. The summed E-state index contributed by atoms with van der Waals surface area (Å²) in [6.07, 6.45) is 1.16. The van der Waals surface area contributed by atoms with Crippen LogP contribution in [0.15, 0.2) is 24.3 Å². The minimum absolute atomic E-state index is 0.0763. The van der Waals surface area contributed by atoms with E-state index in [0.29, 0.717) is 12.0 Å². The van der Waals surface area contributed by atoms with E-state index in [0.717, 1.165) is 18.7 Å². The topological polar surface area (TPSA) is 29.3 Å². The first kappa shape index (κ1) is 16.4. The largest absolute Gasteiger partial charge is 0.329 e. The molecule has 21 heavy (non-hydrogen) atoms. The molecule has 1 atom stereocenters. The molecule has 1 aliphatic rings. The van der Waals surface area contributed by atoms with Crippen molar-refractivity contribution in [3.63, 3.8) is 0 Å². The average molecular weight is 296 g/mol. The van der Waals surface area contributed by atoms with Gasteiger partial charge in [0.05, 0.1) is 0 Å². The molecule has 1 aromatic carbocycles. The maximum atomic E-state index is 12.6. The molecule has 2 rings (SSSR count). The number of nitrogens with zero attached hydrogens (tertiary/aromatic N) is 1. The highest BCUT2D eigenvalue weighted by molar-refractivity contribution is 5.26. The standard InChI is InChI=1S/C17H26F2N2/c1-3-17(4-2)9-10-21(12-17)15(11-20)13-5-7-14(8-6-13)16(18)19/h5-8,15-16H,3-4,9-12,20H2,1-2H3. The second kappa shape index (κ2) is 6.84. The van der Waals surface area contributed by atoms with E-state index in [-0.39, 0.29) is 11.6 Å². The summed E-state index contributed by atoms with van der Waals surface area (Å²) in [5, 5.41) is 0. The number of hydrogen-bond donors (Lipinski definition) is 1. The van der Waals surface area contributed by atoms with Gasteiger partial charge in [-0.3, -0.25) is 4.90 Å². The van der Waals surface area contributed by atoms with Gasteiger partial charge in [0.25, 0.3) is 6.43 Å². The number of rotatable bonds is 6. The summed E-state index contributed by atoms with van der Waals surface area (Å²) in [5.74, 6) is 0. The SMILES string of the molecule is CCC1(CC)CCN(C(CN)c2ccc(C(F)F)cc2)C1. The van der Waals surface area contributed by atoms with Crippen LogP contribution in [0.1, 0.15) is 56.7 Å². The van der Waals surface area contributed by atoms with Crippen molar-refractivity contribution in [2.75, 3.05) is 19.6 Å². The van der Waals surface area contributed by atoms with Crippen LogP contribution < -0.4 is 5.73 Å². The number of halogens is 2. The zero-order valence-electron chi connectivity index (χ0n) is 13.0. The third-order valence-corrected chi connectivity index (χ3v) is 5.21. The lowest BCUT2D eigenvalue weighted by Crippen LogP contribution is -2.34. The molecule has 0 saturated carbocycles. The van der Waals surface area contributed by atoms with Crippen LogP contribution >= 0.6 is 0 Å². The third-order valence-electron chi connectivity index (χ3n) is 5.21. The molecule has 0 amide bonds. The van der Waals surface area contributed by atoms with Gasteiger partial charge in [0.1, 0.15) is 0 Å². The summed E-state index contributed by atoms with van der Waals surface area (Å²) < 4.78 is 25.3. The van der Waals surface area contributed by atoms with Crippen LogP contribution in [0, 0.1) is 5.41 Å². The number of nitrogens with two attached hydrogens (primary N) is 1. The summed E-state index contributed by atoms with van der Waals surface area (Å²) >= 11 is 0. The van der Waals surface area contributed by atoms with E-state index in [9.17, 15) is 8.78 Å². The molecule has 1 heterocycles. The van der Waals surface area contributed by atoms with Gasteiger partial charge < -0.3 is 5.73 Å². The minimum atomic E-state index is -2.41. The Morgan fingerprint density at radius 1 is 1.14 bits per heavy atom. The molecule has 0 spiro atoms. The fourth-order valence-electron chi connectivity index (χ4n) is 3.42. The van der Waals surface area contributed by atoms with Crippen molar-refractivity contribution in [1.29, 1.82) is 0 Å². The molecule has 1 aliphatic heterocycles. The van der Waals surface area contributed by atoms with Gasteiger partial charge in [-0.25, -0.2) is 8.78 Å². The van der Waals surface area contributed by atoms with Crippen LogP contribution in [0.25, 0.3) is 0 Å². The predicted molar refractivity (Wildman–Crippen MR) is 82.4 cm³/mol. The first-order valence-corrected chi connectivity index (χ1v) is 7.87. The number of alkyl halides is 2. The van der Waals surface area contributed by atoms with E-state index < -0.39 is 6.43 Å². The van der Waals surface area contributed by atoms with Crippen molar-refractivity contribution in [2.45, 2.75) is 45.6 Å². The van der Waals surface area contributed by atoms with Crippen LogP contribution in [0.2, 0.25) is 0 Å². The average Bonchev–Trinajstić information content (AvgIpc) is 2.93. The Hall–Kier alpha value is -1.00. The third kappa shape index (κ3) is 3.43. The second-order valence-corrected chi connectivity index (χ2v) is 6.15. The van der Waals surface area contributed by atoms with Gasteiger partial charge in [0.15, 0.2) is 0 Å². The molecule has 1 saturated heterocycles. The van der Waals surface area contributed by atoms with Crippen LogP contribution in [-0.2, 0) is 0 Å². The van der Waals surface area contributed by atoms with Crippen LogP contribution in [0.5, 0.6) is 0 Å². The van der Waals surface area contributed by atoms with Gasteiger partial charge in [0.2, 0.25) is 0 Å². The van der Waals surface area contributed by atoms with E-state index in [1.165, 1.54) is 31.4 Å². The number of likely N-dealkylation sites (tertiary alicyclic amines) is 1. The van der Waals surface area contributed by atoms with Crippen LogP contribution in [0.4, 0.5) is 8.78 Å². The molecule has 118 valence electrons. The van der Waals surface area contributed by atoms with Gasteiger partial charge >= 0.3 is 0 Å². The molecule has 0 bridgehead atoms. The fraction of sp³-hybridized carbons (Fsp3) is 0.647. The summed E-state index contributed by atoms with van der Waals surface area (Å²) in [7, 11) is 0. The first-order chi connectivity index (χ1) is 10.0. The lowest BCUT2D eigenvalue weighted by atomic mass is 9.82. The lowest BCUT2D eigenvalue weighted by Gasteiger charge is -2.31. The lowest BCUT2D eigenvalue weighted by molar-refractivity contribution is 0.151. The van der Waals surface area contributed by atoms with Gasteiger partial charge in [0, 0.05) is 24.7 Å². The summed E-state index contributed by atoms with van der Waals surface area (Å²) in [6.45, 7) is 7.12. The number of hydrogen-bond acceptors (Lipinski definition) is 2. The maximum Gasteiger partial charge on any atom is 0.263 e. The van der Waals surface area contributed by atoms with E-state index >= 15 is 0 Å². The highest BCUT2D eigenvalue weighted by Crippen LogP contribution is 2.40. The minimum Gasteiger partial charge on any atom is -0.329 e. The predicted octanol–water partition coefficient (Wildman–Crippen LogP) is 4.14. The van der Waals surface area contributed by atoms with Crippen LogP contribution in [-0.4, -0.2) is 24.5 Å². The molecule has 1 aromatic rings. The second-order valence-electron chi connectivity index (χ2n) is 6.15. The van der Waals surface area contributed by atoms with Gasteiger partial charge in [-0.05, 0) is 36.8 Å². The Morgan fingerprint density at radius 2 is 1.71 bits per heavy atom. The monoisotopic (exact) mass is 296 g/mol. The molecule has 4 heteroatoms. The maximum absolute atomic E-state index is 12.6. The van der Waals surface area contributed by atoms with Crippen molar-refractivity contribution >= 4 is 0 Å². The molecule has 2 nitrogen and oxygen atoms in total. The fourth-order valence-corrected chi connectivity index (χ4v) is 3.42. The molecular weight excluding hydrogens is 270 g/mol. The van der Waals surface area contributed by atoms with E-state index in [1.807, 2.05) is 0 Å². The van der Waals surface area contributed by atoms with E-state index in [2.05, 4.69) is 18.7 Å². The zero-order chi connectivity index (χ0) is 15.5. The molecule has 2 N–H and O–H groups in total.